The standard InChI is InChI=1S/C14H22N4O/c1-17(8-11-3-2-4-11)13-7-14(16-10-15-13)18-6-5-12(19)9-18/h7,10-12,19H,2-6,8-9H2,1H3. The number of hydrogen-bond acceptors (Lipinski definition) is 5. The van der Waals surface area contributed by atoms with Crippen molar-refractivity contribution in [1.29, 1.82) is 0 Å². The van der Waals surface area contributed by atoms with Crippen LogP contribution in [0.4, 0.5) is 11.6 Å². The molecule has 1 aliphatic carbocycles. The van der Waals surface area contributed by atoms with E-state index in [1.807, 2.05) is 6.07 Å². The van der Waals surface area contributed by atoms with Crippen LogP contribution in [0.3, 0.4) is 0 Å². The Balaban J connectivity index is 1.68. The number of β-amino-alcohol motifs (C(OH)–C–C–N with tert-alkyl or cyclic N) is 1. The maximum Gasteiger partial charge on any atom is 0.134 e. The zero-order valence-corrected chi connectivity index (χ0v) is 11.5. The lowest BCUT2D eigenvalue weighted by Gasteiger charge is -2.31. The summed E-state index contributed by atoms with van der Waals surface area (Å²) in [6.45, 7) is 2.64. The maximum atomic E-state index is 9.60. The lowest BCUT2D eigenvalue weighted by molar-refractivity contribution is 0.198. The summed E-state index contributed by atoms with van der Waals surface area (Å²) in [4.78, 5) is 13.1. The van der Waals surface area contributed by atoms with Gasteiger partial charge in [0.25, 0.3) is 0 Å². The summed E-state index contributed by atoms with van der Waals surface area (Å²) in [5.41, 5.74) is 0. The van der Waals surface area contributed by atoms with Crippen molar-refractivity contribution in [2.24, 2.45) is 5.92 Å². The summed E-state index contributed by atoms with van der Waals surface area (Å²) >= 11 is 0. The van der Waals surface area contributed by atoms with Gasteiger partial charge >= 0.3 is 0 Å². The first kappa shape index (κ1) is 12.7. The molecule has 1 unspecified atom stereocenters. The minimum Gasteiger partial charge on any atom is -0.391 e. The topological polar surface area (TPSA) is 52.5 Å². The average molecular weight is 262 g/mol. The summed E-state index contributed by atoms with van der Waals surface area (Å²) in [6.07, 6.45) is 6.32. The first-order valence-corrected chi connectivity index (χ1v) is 7.18. The largest absolute Gasteiger partial charge is 0.391 e. The number of nitrogens with zero attached hydrogens (tertiary/aromatic N) is 4. The number of aliphatic hydroxyl groups excluding tert-OH is 1. The van der Waals surface area contributed by atoms with Gasteiger partial charge in [-0.1, -0.05) is 6.42 Å². The van der Waals surface area contributed by atoms with Crippen molar-refractivity contribution in [2.45, 2.75) is 31.8 Å². The number of aliphatic hydroxyl groups is 1. The molecule has 0 aromatic carbocycles. The molecule has 0 amide bonds. The molecule has 2 heterocycles. The Morgan fingerprint density at radius 1 is 1.37 bits per heavy atom. The van der Waals surface area contributed by atoms with Crippen molar-refractivity contribution < 1.29 is 5.11 Å². The quantitative estimate of drug-likeness (QED) is 0.886. The molecule has 1 aromatic heterocycles. The van der Waals surface area contributed by atoms with Crippen LogP contribution in [0.25, 0.3) is 0 Å². The van der Waals surface area contributed by atoms with Crippen molar-refractivity contribution in [3.8, 4) is 0 Å². The van der Waals surface area contributed by atoms with Crippen LogP contribution in [0.5, 0.6) is 0 Å². The van der Waals surface area contributed by atoms with Crippen molar-refractivity contribution in [3.05, 3.63) is 12.4 Å². The highest BCUT2D eigenvalue weighted by Crippen LogP contribution is 2.28. The average Bonchev–Trinajstić information content (AvgIpc) is 2.80. The van der Waals surface area contributed by atoms with Crippen molar-refractivity contribution in [2.75, 3.05) is 36.5 Å². The van der Waals surface area contributed by atoms with Gasteiger partial charge in [-0.3, -0.25) is 0 Å². The summed E-state index contributed by atoms with van der Waals surface area (Å²) in [7, 11) is 2.10. The maximum absolute atomic E-state index is 9.60. The Hall–Kier alpha value is -1.36. The summed E-state index contributed by atoms with van der Waals surface area (Å²) in [5, 5.41) is 9.60. The van der Waals surface area contributed by atoms with Gasteiger partial charge in [-0.05, 0) is 25.2 Å². The van der Waals surface area contributed by atoms with Crippen LogP contribution in [0.1, 0.15) is 25.7 Å². The van der Waals surface area contributed by atoms with E-state index >= 15 is 0 Å². The van der Waals surface area contributed by atoms with Crippen molar-refractivity contribution in [3.63, 3.8) is 0 Å². The van der Waals surface area contributed by atoms with Gasteiger partial charge < -0.3 is 14.9 Å². The van der Waals surface area contributed by atoms with E-state index in [0.717, 1.165) is 37.1 Å². The molecule has 0 spiro atoms. The third-order valence-corrected chi connectivity index (χ3v) is 4.27. The van der Waals surface area contributed by atoms with Crippen LogP contribution < -0.4 is 9.80 Å². The molecule has 1 saturated heterocycles. The minimum atomic E-state index is -0.217. The summed E-state index contributed by atoms with van der Waals surface area (Å²) < 4.78 is 0. The van der Waals surface area contributed by atoms with E-state index in [9.17, 15) is 5.11 Å². The highest BCUT2D eigenvalue weighted by atomic mass is 16.3. The van der Waals surface area contributed by atoms with Gasteiger partial charge in [0.1, 0.15) is 18.0 Å². The van der Waals surface area contributed by atoms with E-state index in [0.29, 0.717) is 6.54 Å². The van der Waals surface area contributed by atoms with Gasteiger partial charge in [-0.15, -0.1) is 0 Å². The molecule has 0 bridgehead atoms. The van der Waals surface area contributed by atoms with Gasteiger partial charge in [-0.25, -0.2) is 9.97 Å². The van der Waals surface area contributed by atoms with Crippen LogP contribution >= 0.6 is 0 Å². The SMILES string of the molecule is CN(CC1CCC1)c1cc(N2CCC(O)C2)ncn1. The molecule has 3 rings (SSSR count). The monoisotopic (exact) mass is 262 g/mol. The van der Waals surface area contributed by atoms with Gasteiger partial charge in [0.2, 0.25) is 0 Å². The molecule has 5 nitrogen and oxygen atoms in total. The molecule has 1 N–H and O–H groups in total. The highest BCUT2D eigenvalue weighted by Gasteiger charge is 2.23. The minimum absolute atomic E-state index is 0.217. The molecule has 104 valence electrons. The van der Waals surface area contributed by atoms with E-state index in [2.05, 4.69) is 26.8 Å². The van der Waals surface area contributed by atoms with Crippen molar-refractivity contribution >= 4 is 11.6 Å². The van der Waals surface area contributed by atoms with Gasteiger partial charge in [0, 0.05) is 32.7 Å². The predicted octanol–water partition coefficient (Wildman–Crippen LogP) is 1.28. The van der Waals surface area contributed by atoms with Crippen molar-refractivity contribution in [1.82, 2.24) is 9.97 Å². The fourth-order valence-electron chi connectivity index (χ4n) is 2.82. The summed E-state index contributed by atoms with van der Waals surface area (Å²) in [6, 6.07) is 2.04. The van der Waals surface area contributed by atoms with E-state index < -0.39 is 0 Å². The number of rotatable bonds is 4. The lowest BCUT2D eigenvalue weighted by Crippen LogP contribution is -2.30. The highest BCUT2D eigenvalue weighted by molar-refractivity contribution is 5.50. The lowest BCUT2D eigenvalue weighted by atomic mass is 9.85. The van der Waals surface area contributed by atoms with Gasteiger partial charge in [0.05, 0.1) is 6.10 Å². The second-order valence-corrected chi connectivity index (χ2v) is 5.80. The number of aromatic nitrogens is 2. The van der Waals surface area contributed by atoms with E-state index in [-0.39, 0.29) is 6.10 Å². The molecule has 1 aliphatic heterocycles. The number of hydrogen-bond donors (Lipinski definition) is 1. The molecule has 2 fully saturated rings. The third-order valence-electron chi connectivity index (χ3n) is 4.27. The van der Waals surface area contributed by atoms with Crippen LogP contribution in [-0.2, 0) is 0 Å². The Morgan fingerprint density at radius 2 is 2.21 bits per heavy atom. The Bertz CT molecular complexity index is 435. The van der Waals surface area contributed by atoms with E-state index in [1.165, 1.54) is 19.3 Å². The normalized spacial score (nSPS) is 23.5. The van der Waals surface area contributed by atoms with Crippen LogP contribution in [0.15, 0.2) is 12.4 Å². The summed E-state index contributed by atoms with van der Waals surface area (Å²) in [5.74, 6) is 2.75. The van der Waals surface area contributed by atoms with Gasteiger partial charge in [-0.2, -0.15) is 0 Å². The smallest absolute Gasteiger partial charge is 0.134 e. The van der Waals surface area contributed by atoms with Crippen LogP contribution in [0.2, 0.25) is 0 Å². The molecule has 2 aliphatic rings. The molecule has 1 saturated carbocycles. The van der Waals surface area contributed by atoms with Gasteiger partial charge in [0.15, 0.2) is 0 Å². The Morgan fingerprint density at radius 3 is 2.84 bits per heavy atom. The second kappa shape index (κ2) is 5.33. The molecule has 19 heavy (non-hydrogen) atoms. The second-order valence-electron chi connectivity index (χ2n) is 5.80. The van der Waals surface area contributed by atoms with Crippen LogP contribution in [-0.4, -0.2) is 47.9 Å². The van der Waals surface area contributed by atoms with E-state index in [1.54, 1.807) is 6.33 Å². The molecule has 1 atom stereocenters. The number of anilines is 2. The first-order valence-electron chi connectivity index (χ1n) is 7.18. The fraction of sp³-hybridized carbons (Fsp3) is 0.714. The zero-order valence-electron chi connectivity index (χ0n) is 11.5. The zero-order chi connectivity index (χ0) is 13.2. The molecule has 5 heteroatoms. The molecular weight excluding hydrogens is 240 g/mol. The Kier molecular flexibility index (Phi) is 3.55. The fourth-order valence-corrected chi connectivity index (χ4v) is 2.82. The molecular formula is C14H22N4O. The molecule has 0 radical (unpaired) electrons. The third kappa shape index (κ3) is 2.81. The van der Waals surface area contributed by atoms with Crippen LogP contribution in [0, 0.1) is 5.92 Å². The predicted molar refractivity (Wildman–Crippen MR) is 75.5 cm³/mol. The van der Waals surface area contributed by atoms with E-state index in [4.69, 9.17) is 0 Å². The molecule has 1 aromatic rings. The Labute approximate surface area is 114 Å². The first-order chi connectivity index (χ1) is 9.22.